The molecule has 1 amide bonds. The van der Waals surface area contributed by atoms with Gasteiger partial charge < -0.3 is 5.32 Å². The topological polar surface area (TPSA) is 73.9 Å². The van der Waals surface area contributed by atoms with Gasteiger partial charge in [0.15, 0.2) is 5.69 Å². The molecule has 0 radical (unpaired) electrons. The van der Waals surface area contributed by atoms with Crippen LogP contribution in [0.3, 0.4) is 0 Å². The number of nitrogens with zero attached hydrogens (tertiary/aromatic N) is 3. The number of rotatable bonds is 4. The Kier molecular flexibility index (Phi) is 4.54. The molecule has 0 aliphatic carbocycles. The minimum atomic E-state index is -0.179. The quantitative estimate of drug-likeness (QED) is 0.811. The Hall–Kier alpha value is -1.69. The molecule has 20 heavy (non-hydrogen) atoms. The summed E-state index contributed by atoms with van der Waals surface area (Å²) in [6.45, 7) is 10.3. The van der Waals surface area contributed by atoms with E-state index in [1.807, 2.05) is 0 Å². The summed E-state index contributed by atoms with van der Waals surface area (Å²) in [5, 5.41) is 12.6. The van der Waals surface area contributed by atoms with E-state index in [4.69, 9.17) is 0 Å². The van der Waals surface area contributed by atoms with Crippen molar-refractivity contribution < 1.29 is 4.79 Å². The van der Waals surface area contributed by atoms with Gasteiger partial charge in [-0.1, -0.05) is 32.4 Å². The average molecular weight is 277 g/mol. The molecule has 1 aliphatic heterocycles. The van der Waals surface area contributed by atoms with Gasteiger partial charge in [-0.2, -0.15) is 15.4 Å². The van der Waals surface area contributed by atoms with Crippen LogP contribution in [0.2, 0.25) is 0 Å². The summed E-state index contributed by atoms with van der Waals surface area (Å²) in [5.41, 5.74) is 2.13. The average Bonchev–Trinajstić information content (AvgIpc) is 2.92. The molecule has 6 nitrogen and oxygen atoms in total. The minimum absolute atomic E-state index is 0.179. The van der Waals surface area contributed by atoms with Gasteiger partial charge in [0.05, 0.1) is 6.20 Å². The maximum absolute atomic E-state index is 11.7. The second kappa shape index (κ2) is 6.17. The predicted octanol–water partition coefficient (Wildman–Crippen LogP) is 1.21. The zero-order chi connectivity index (χ0) is 14.6. The molecule has 0 unspecified atom stereocenters. The van der Waals surface area contributed by atoms with Gasteiger partial charge >= 0.3 is 0 Å². The van der Waals surface area contributed by atoms with Crippen molar-refractivity contribution in [3.05, 3.63) is 23.5 Å². The minimum Gasteiger partial charge on any atom is -0.349 e. The van der Waals surface area contributed by atoms with Crippen LogP contribution >= 0.6 is 0 Å². The maximum Gasteiger partial charge on any atom is 0.273 e. The molecule has 1 aromatic heterocycles. The van der Waals surface area contributed by atoms with Crippen LogP contribution in [0.1, 0.15) is 37.7 Å². The first-order chi connectivity index (χ1) is 9.47. The molecule has 1 aromatic rings. The molecule has 2 heterocycles. The number of aromatic nitrogens is 3. The fourth-order valence-electron chi connectivity index (χ4n) is 2.32. The molecular formula is C14H23N5O. The van der Waals surface area contributed by atoms with Crippen LogP contribution in [0.15, 0.2) is 17.8 Å². The first kappa shape index (κ1) is 14.7. The molecule has 0 aromatic carbocycles. The summed E-state index contributed by atoms with van der Waals surface area (Å²) in [6, 6.07) is 0. The van der Waals surface area contributed by atoms with Crippen LogP contribution < -0.4 is 5.32 Å². The highest BCUT2D eigenvalue weighted by atomic mass is 16.1. The summed E-state index contributed by atoms with van der Waals surface area (Å²) in [4.78, 5) is 14.0. The Morgan fingerprint density at radius 1 is 1.50 bits per heavy atom. The van der Waals surface area contributed by atoms with Gasteiger partial charge in [0.1, 0.15) is 0 Å². The molecule has 0 bridgehead atoms. The Morgan fingerprint density at radius 3 is 2.85 bits per heavy atom. The van der Waals surface area contributed by atoms with Crippen molar-refractivity contribution in [2.75, 3.05) is 26.2 Å². The number of carbonyl (C=O) groups is 1. The third-order valence-electron chi connectivity index (χ3n) is 3.62. The first-order valence-electron chi connectivity index (χ1n) is 7.02. The lowest BCUT2D eigenvalue weighted by molar-refractivity contribution is 0.0943. The van der Waals surface area contributed by atoms with Crippen LogP contribution in [0.4, 0.5) is 0 Å². The SMILES string of the molecule is CC(C)(C)C1=CCN(CCNC(=O)c2cn[nH]n2)CC1. The molecule has 6 heteroatoms. The second-order valence-corrected chi connectivity index (χ2v) is 6.14. The van der Waals surface area contributed by atoms with E-state index in [1.165, 1.54) is 11.8 Å². The molecular weight excluding hydrogens is 254 g/mol. The van der Waals surface area contributed by atoms with Crippen LogP contribution in [0.5, 0.6) is 0 Å². The third kappa shape index (κ3) is 3.90. The van der Waals surface area contributed by atoms with Crippen LogP contribution in [-0.2, 0) is 0 Å². The number of aromatic amines is 1. The molecule has 0 atom stereocenters. The Bertz CT molecular complexity index is 472. The predicted molar refractivity (Wildman–Crippen MR) is 77.3 cm³/mol. The molecule has 2 rings (SSSR count). The monoisotopic (exact) mass is 277 g/mol. The normalized spacial score (nSPS) is 16.9. The lowest BCUT2D eigenvalue weighted by Gasteiger charge is -2.32. The molecule has 0 saturated heterocycles. The van der Waals surface area contributed by atoms with Crippen molar-refractivity contribution in [1.82, 2.24) is 25.6 Å². The second-order valence-electron chi connectivity index (χ2n) is 6.14. The van der Waals surface area contributed by atoms with Gasteiger partial charge in [-0.05, 0) is 11.8 Å². The van der Waals surface area contributed by atoms with E-state index < -0.39 is 0 Å². The Labute approximate surface area is 119 Å². The largest absolute Gasteiger partial charge is 0.349 e. The Morgan fingerprint density at radius 2 is 2.30 bits per heavy atom. The zero-order valence-corrected chi connectivity index (χ0v) is 12.4. The number of nitrogens with one attached hydrogen (secondary N) is 2. The first-order valence-corrected chi connectivity index (χ1v) is 7.02. The highest BCUT2D eigenvalue weighted by Gasteiger charge is 2.21. The van der Waals surface area contributed by atoms with Crippen LogP contribution in [0.25, 0.3) is 0 Å². The molecule has 0 fully saturated rings. The lowest BCUT2D eigenvalue weighted by Crippen LogP contribution is -2.38. The fraction of sp³-hybridized carbons (Fsp3) is 0.643. The van der Waals surface area contributed by atoms with E-state index in [-0.39, 0.29) is 11.3 Å². The standard InChI is InChI=1S/C14H23N5O/c1-14(2,3)11-4-7-19(8-5-11)9-6-15-13(20)12-10-16-18-17-12/h4,10H,5-9H2,1-3H3,(H,15,20)(H,16,17,18). The van der Waals surface area contributed by atoms with Gasteiger partial charge in [0, 0.05) is 26.2 Å². The van der Waals surface area contributed by atoms with E-state index in [0.717, 1.165) is 26.1 Å². The highest BCUT2D eigenvalue weighted by molar-refractivity contribution is 5.91. The van der Waals surface area contributed by atoms with Gasteiger partial charge in [-0.3, -0.25) is 9.69 Å². The summed E-state index contributed by atoms with van der Waals surface area (Å²) in [5.74, 6) is -0.179. The third-order valence-corrected chi connectivity index (χ3v) is 3.62. The molecule has 2 N–H and O–H groups in total. The zero-order valence-electron chi connectivity index (χ0n) is 12.4. The highest BCUT2D eigenvalue weighted by Crippen LogP contribution is 2.29. The van der Waals surface area contributed by atoms with E-state index in [2.05, 4.69) is 52.5 Å². The van der Waals surface area contributed by atoms with Gasteiger partial charge in [0.25, 0.3) is 5.91 Å². The lowest BCUT2D eigenvalue weighted by atomic mass is 9.83. The van der Waals surface area contributed by atoms with Gasteiger partial charge in [-0.25, -0.2) is 0 Å². The maximum atomic E-state index is 11.7. The van der Waals surface area contributed by atoms with Crippen LogP contribution in [-0.4, -0.2) is 52.4 Å². The fourth-order valence-corrected chi connectivity index (χ4v) is 2.32. The van der Waals surface area contributed by atoms with E-state index in [0.29, 0.717) is 12.2 Å². The van der Waals surface area contributed by atoms with Crippen molar-refractivity contribution in [2.45, 2.75) is 27.2 Å². The molecule has 0 saturated carbocycles. The van der Waals surface area contributed by atoms with Gasteiger partial charge in [0.2, 0.25) is 0 Å². The number of hydrogen-bond donors (Lipinski definition) is 2. The molecule has 1 aliphatic rings. The van der Waals surface area contributed by atoms with Crippen molar-refractivity contribution in [1.29, 1.82) is 0 Å². The van der Waals surface area contributed by atoms with Crippen molar-refractivity contribution in [3.8, 4) is 0 Å². The number of hydrogen-bond acceptors (Lipinski definition) is 4. The van der Waals surface area contributed by atoms with Crippen LogP contribution in [0, 0.1) is 5.41 Å². The summed E-state index contributed by atoms with van der Waals surface area (Å²) in [6.07, 6.45) is 4.86. The molecule has 0 spiro atoms. The number of H-pyrrole nitrogens is 1. The van der Waals surface area contributed by atoms with Gasteiger partial charge in [-0.15, -0.1) is 0 Å². The number of amides is 1. The summed E-state index contributed by atoms with van der Waals surface area (Å²) >= 11 is 0. The van der Waals surface area contributed by atoms with Crippen molar-refractivity contribution in [2.24, 2.45) is 5.41 Å². The van der Waals surface area contributed by atoms with Crippen molar-refractivity contribution in [3.63, 3.8) is 0 Å². The smallest absolute Gasteiger partial charge is 0.273 e. The summed E-state index contributed by atoms with van der Waals surface area (Å²) < 4.78 is 0. The number of carbonyl (C=O) groups excluding carboxylic acids is 1. The summed E-state index contributed by atoms with van der Waals surface area (Å²) in [7, 11) is 0. The molecule has 110 valence electrons. The van der Waals surface area contributed by atoms with E-state index in [1.54, 1.807) is 0 Å². The van der Waals surface area contributed by atoms with E-state index in [9.17, 15) is 4.79 Å². The van der Waals surface area contributed by atoms with Crippen molar-refractivity contribution >= 4 is 5.91 Å². The Balaban J connectivity index is 1.72. The van der Waals surface area contributed by atoms with E-state index >= 15 is 0 Å².